The number of hydrogen-bond donors (Lipinski definition) is 3. The lowest BCUT2D eigenvalue weighted by Gasteiger charge is -2.50. The average molecular weight is 1030 g/mol. The first-order valence-electron chi connectivity index (χ1n) is 25.5. The number of nitrogens with zero attached hydrogens (tertiary/aromatic N) is 1. The zero-order valence-electron chi connectivity index (χ0n) is 44.8. The summed E-state index contributed by atoms with van der Waals surface area (Å²) in [6, 6.07) is -0.806. The summed E-state index contributed by atoms with van der Waals surface area (Å²) >= 11 is 0. The fourth-order valence-electron chi connectivity index (χ4n) is 10.5. The lowest BCUT2D eigenvalue weighted by molar-refractivity contribution is -0.342. The molecule has 4 rings (SSSR count). The van der Waals surface area contributed by atoms with Crippen molar-refractivity contribution in [2.24, 2.45) is 23.7 Å². The van der Waals surface area contributed by atoms with Crippen molar-refractivity contribution in [3.8, 4) is 0 Å². The molecule has 0 aliphatic carbocycles. The largest absolute Gasteiger partial charge is 0.462 e. The van der Waals surface area contributed by atoms with Crippen LogP contribution in [0.15, 0.2) is 23.8 Å². The first-order chi connectivity index (χ1) is 33.9. The van der Waals surface area contributed by atoms with E-state index < -0.39 is 152 Å². The summed E-state index contributed by atoms with van der Waals surface area (Å²) in [4.78, 5) is 67.6. The molecule has 0 spiro atoms. The van der Waals surface area contributed by atoms with E-state index in [1.165, 1.54) is 27.2 Å². The zero-order chi connectivity index (χ0) is 53.8. The van der Waals surface area contributed by atoms with E-state index in [9.17, 15) is 39.3 Å². The minimum atomic E-state index is -1.52. The second-order valence-corrected chi connectivity index (χ2v) is 20.5. The summed E-state index contributed by atoms with van der Waals surface area (Å²) < 4.78 is 67.1. The highest BCUT2D eigenvalue weighted by molar-refractivity contribution is 5.91. The quantitative estimate of drug-likeness (QED) is 0.107. The van der Waals surface area contributed by atoms with Gasteiger partial charge in [-0.05, 0) is 80.0 Å². The third kappa shape index (κ3) is 16.1. The number of allylic oxidation sites excluding steroid dienone is 3. The highest BCUT2D eigenvalue weighted by Gasteiger charge is 2.53. The number of cyclic esters (lactones) is 1. The molecule has 0 aromatic heterocycles. The Morgan fingerprint density at radius 3 is 2.12 bits per heavy atom. The van der Waals surface area contributed by atoms with Crippen LogP contribution in [0.5, 0.6) is 0 Å². The van der Waals surface area contributed by atoms with Gasteiger partial charge in [0.2, 0.25) is 0 Å². The molecule has 3 N–H and O–H groups in total. The van der Waals surface area contributed by atoms with Gasteiger partial charge in [0.05, 0.1) is 43.5 Å². The molecule has 0 bridgehead atoms. The summed E-state index contributed by atoms with van der Waals surface area (Å²) in [6.07, 6.45) is -8.03. The number of carbonyl (C=O) groups is 5. The van der Waals surface area contributed by atoms with Crippen molar-refractivity contribution in [2.75, 3.05) is 34.9 Å². The minimum Gasteiger partial charge on any atom is -0.462 e. The summed E-state index contributed by atoms with van der Waals surface area (Å²) in [6.45, 7) is 16.8. The van der Waals surface area contributed by atoms with Crippen LogP contribution in [0.3, 0.4) is 0 Å². The van der Waals surface area contributed by atoms with Gasteiger partial charge in [-0.15, -0.1) is 0 Å². The summed E-state index contributed by atoms with van der Waals surface area (Å²) in [5.41, 5.74) is -0.854. The Morgan fingerprint density at radius 2 is 1.54 bits per heavy atom. The fraction of sp³-hybridized carbons (Fsp3) is 0.827. The number of hydrogen-bond acceptors (Lipinski definition) is 20. The Kier molecular flexibility index (Phi) is 23.9. The van der Waals surface area contributed by atoms with Crippen molar-refractivity contribution >= 4 is 30.0 Å². The van der Waals surface area contributed by atoms with Crippen LogP contribution in [0.2, 0.25) is 0 Å². The van der Waals surface area contributed by atoms with E-state index in [0.29, 0.717) is 24.7 Å². The third-order valence-corrected chi connectivity index (χ3v) is 14.4. The van der Waals surface area contributed by atoms with E-state index >= 15 is 0 Å². The molecule has 0 amide bonds. The Hall–Kier alpha value is -3.25. The zero-order valence-corrected chi connectivity index (χ0v) is 44.8. The number of likely N-dealkylation sites (N-methyl/N-ethyl adjacent to an activating group) is 1. The van der Waals surface area contributed by atoms with Crippen molar-refractivity contribution in [1.29, 1.82) is 0 Å². The van der Waals surface area contributed by atoms with Gasteiger partial charge in [-0.1, -0.05) is 45.4 Å². The standard InChI is InChI=1S/C52H85NO19/c1-15-17-39(57)70-49-32(8)65-41(25-52(49,10)61)71-46-31(7)67-50(44(60)42(46)53(11)12)72-45-29(5)38(68-33(9)55)24-40(58)69-37(16-2)35(22-27(3)18-19-36(56)28(4)23-34(45)20-21-54)26-64-51-48(63-14)47(62-13)43(59)30(6)66-51/h18-19,21-22,28-32,34-35,37-38,41-51,59-61H,15-17,20,23-26H2,1-14H3. The number of ether oxygens (including phenoxy) is 11. The Balaban J connectivity index is 1.67. The van der Waals surface area contributed by atoms with E-state index in [0.717, 1.165) is 0 Å². The van der Waals surface area contributed by atoms with Gasteiger partial charge >= 0.3 is 17.9 Å². The van der Waals surface area contributed by atoms with Crippen LogP contribution in [-0.2, 0) is 76.1 Å². The molecule has 21 unspecified atom stereocenters. The Morgan fingerprint density at radius 1 is 0.875 bits per heavy atom. The molecule has 20 nitrogen and oxygen atoms in total. The van der Waals surface area contributed by atoms with E-state index in [4.69, 9.17) is 52.1 Å². The van der Waals surface area contributed by atoms with Crippen LogP contribution in [0, 0.1) is 23.7 Å². The van der Waals surface area contributed by atoms with Crippen LogP contribution in [0.4, 0.5) is 0 Å². The van der Waals surface area contributed by atoms with Crippen LogP contribution in [-0.4, -0.2) is 189 Å². The molecule has 3 fully saturated rings. The van der Waals surface area contributed by atoms with Gasteiger partial charge in [0, 0.05) is 58.2 Å². The summed E-state index contributed by atoms with van der Waals surface area (Å²) in [5.74, 6) is -4.92. The average Bonchev–Trinajstić information content (AvgIpc) is 3.30. The van der Waals surface area contributed by atoms with Gasteiger partial charge < -0.3 is 77.1 Å². The minimum absolute atomic E-state index is 0.0372. The number of ketones is 1. The van der Waals surface area contributed by atoms with E-state index in [1.54, 1.807) is 73.5 Å². The Labute approximate surface area is 425 Å². The van der Waals surface area contributed by atoms with E-state index in [2.05, 4.69) is 0 Å². The van der Waals surface area contributed by atoms with Crippen molar-refractivity contribution < 1.29 is 91.4 Å². The molecule has 4 heterocycles. The van der Waals surface area contributed by atoms with Gasteiger partial charge in [-0.25, -0.2) is 0 Å². The second-order valence-electron chi connectivity index (χ2n) is 20.5. The van der Waals surface area contributed by atoms with E-state index in [1.807, 2.05) is 19.9 Å². The predicted molar refractivity (Wildman–Crippen MR) is 259 cm³/mol. The number of aliphatic hydroxyl groups excluding tert-OH is 2. The maximum absolute atomic E-state index is 14.2. The SMILES string of the molecule is CCCC(=O)OC1C(C)OC(OC2C(C)OC(OC3C(CC=O)CC(C)C(=O)C=CC(C)=CC(COC4OC(C)C(O)C(OC)C4OC)C(CC)OC(=O)CC(OC(C)=O)C3C)C(O)C2N(C)C)CC1(C)O. The molecule has 4 aliphatic rings. The number of methoxy groups -OCH3 is 2. The number of esters is 3. The van der Waals surface area contributed by atoms with Crippen LogP contribution >= 0.6 is 0 Å². The number of aldehydes is 1. The van der Waals surface area contributed by atoms with Crippen LogP contribution < -0.4 is 0 Å². The maximum atomic E-state index is 14.2. The molecule has 20 heteroatoms. The Bertz CT molecular complexity index is 1830. The van der Waals surface area contributed by atoms with Crippen molar-refractivity contribution in [1.82, 2.24) is 4.90 Å². The molecule has 3 saturated heterocycles. The molecule has 412 valence electrons. The normalized spacial score (nSPS) is 40.8. The van der Waals surface area contributed by atoms with Crippen LogP contribution in [0.25, 0.3) is 0 Å². The first kappa shape index (κ1) is 61.3. The molecule has 0 radical (unpaired) electrons. The molecule has 72 heavy (non-hydrogen) atoms. The van der Waals surface area contributed by atoms with Gasteiger partial charge in [0.15, 0.2) is 30.8 Å². The predicted octanol–water partition coefficient (Wildman–Crippen LogP) is 3.76. The van der Waals surface area contributed by atoms with Crippen molar-refractivity contribution in [2.45, 2.75) is 218 Å². The van der Waals surface area contributed by atoms with Gasteiger partial charge in [0.25, 0.3) is 0 Å². The van der Waals surface area contributed by atoms with Gasteiger partial charge in [-0.3, -0.25) is 19.2 Å². The van der Waals surface area contributed by atoms with Crippen molar-refractivity contribution in [3.05, 3.63) is 23.8 Å². The molecule has 0 aromatic carbocycles. The first-order valence-corrected chi connectivity index (χ1v) is 25.5. The highest BCUT2D eigenvalue weighted by Crippen LogP contribution is 2.39. The van der Waals surface area contributed by atoms with Gasteiger partial charge in [-0.2, -0.15) is 0 Å². The van der Waals surface area contributed by atoms with Gasteiger partial charge in [0.1, 0.15) is 54.6 Å². The number of aliphatic hydroxyl groups is 3. The molecule has 0 saturated carbocycles. The van der Waals surface area contributed by atoms with Crippen LogP contribution in [0.1, 0.15) is 114 Å². The maximum Gasteiger partial charge on any atom is 0.309 e. The highest BCUT2D eigenvalue weighted by atomic mass is 16.7. The lowest BCUT2D eigenvalue weighted by Crippen LogP contribution is -2.65. The fourth-order valence-corrected chi connectivity index (χ4v) is 10.5. The summed E-state index contributed by atoms with van der Waals surface area (Å²) in [7, 11) is 6.41. The van der Waals surface area contributed by atoms with Crippen molar-refractivity contribution in [3.63, 3.8) is 0 Å². The second kappa shape index (κ2) is 28.0. The summed E-state index contributed by atoms with van der Waals surface area (Å²) in [5, 5.41) is 34.5. The number of carbonyl (C=O) groups excluding carboxylic acids is 5. The monoisotopic (exact) mass is 1030 g/mol. The number of rotatable bonds is 17. The molecular formula is C52H85NO19. The smallest absolute Gasteiger partial charge is 0.309 e. The van der Waals surface area contributed by atoms with E-state index in [-0.39, 0.29) is 38.1 Å². The molecular weight excluding hydrogens is 943 g/mol. The third-order valence-electron chi connectivity index (χ3n) is 14.4. The molecule has 21 atom stereocenters. The lowest BCUT2D eigenvalue weighted by atomic mass is 9.79. The molecule has 4 aliphatic heterocycles. The topological polar surface area (TPSA) is 251 Å². The molecule has 0 aromatic rings.